The van der Waals surface area contributed by atoms with Gasteiger partial charge in [-0.15, -0.1) is 11.6 Å². The van der Waals surface area contributed by atoms with E-state index < -0.39 is 5.51 Å². The maximum Gasteiger partial charge on any atom is 0.446 e. The van der Waals surface area contributed by atoms with E-state index in [-0.39, 0.29) is 40.4 Å². The highest BCUT2D eigenvalue weighted by Crippen LogP contribution is 2.37. The molecule has 2 N–H and O–H groups in total. The molecule has 7 heteroatoms. The second-order valence-electron chi connectivity index (χ2n) is 3.26. The van der Waals surface area contributed by atoms with Gasteiger partial charge in [-0.05, 0) is 35.5 Å². The van der Waals surface area contributed by atoms with E-state index in [0.717, 1.165) is 0 Å². The summed E-state index contributed by atoms with van der Waals surface area (Å²) >= 11 is 5.08. The molecule has 0 atom stereocenters. The van der Waals surface area contributed by atoms with Crippen molar-refractivity contribution in [2.75, 3.05) is 11.6 Å². The summed E-state index contributed by atoms with van der Waals surface area (Å²) in [7, 11) is 0. The van der Waals surface area contributed by atoms with Crippen LogP contribution in [-0.4, -0.2) is 17.2 Å². The molecule has 94 valence electrons. The average molecular weight is 284 g/mol. The molecule has 0 heterocycles. The summed E-state index contributed by atoms with van der Waals surface area (Å²) in [5, 5.41) is 0. The number of nitrogens with two attached hydrogens (primary N) is 1. The first-order chi connectivity index (χ1) is 7.81. The third kappa shape index (κ3) is 4.87. The van der Waals surface area contributed by atoms with Crippen molar-refractivity contribution in [3.63, 3.8) is 0 Å². The van der Waals surface area contributed by atoms with Crippen molar-refractivity contribution in [1.82, 2.24) is 0 Å². The molecule has 1 aromatic rings. The predicted octanol–water partition coefficient (Wildman–Crippen LogP) is 3.23. The Morgan fingerprint density at radius 2 is 2.06 bits per heavy atom. The first-order valence-electron chi connectivity index (χ1n) is 4.53. The lowest BCUT2D eigenvalue weighted by molar-refractivity contribution is -0.116. The Balaban J connectivity index is 2.90. The number of carbonyl (C=O) groups is 1. The number of Topliss-reactive ketones (excluding diaryl/α,β-unsaturated/α-hetero) is 1. The largest absolute Gasteiger partial charge is 0.446 e. The van der Waals surface area contributed by atoms with Crippen LogP contribution in [0, 0.1) is 0 Å². The van der Waals surface area contributed by atoms with Crippen LogP contribution in [0.3, 0.4) is 0 Å². The van der Waals surface area contributed by atoms with E-state index in [1.165, 1.54) is 18.2 Å². The minimum atomic E-state index is -4.36. The molecule has 0 aliphatic carbocycles. The van der Waals surface area contributed by atoms with Gasteiger partial charge in [0.05, 0.1) is 5.88 Å². The van der Waals surface area contributed by atoms with Crippen LogP contribution in [0.15, 0.2) is 23.1 Å². The van der Waals surface area contributed by atoms with Gasteiger partial charge < -0.3 is 5.73 Å². The maximum atomic E-state index is 12.1. The molecule has 0 bridgehead atoms. The van der Waals surface area contributed by atoms with Crippen LogP contribution < -0.4 is 5.73 Å². The first kappa shape index (κ1) is 14.2. The zero-order chi connectivity index (χ0) is 13.1. The van der Waals surface area contributed by atoms with Crippen LogP contribution in [0.4, 0.5) is 18.9 Å². The number of nitrogen functional groups attached to an aromatic ring is 1. The van der Waals surface area contributed by atoms with Crippen molar-refractivity contribution in [2.45, 2.75) is 16.8 Å². The molecule has 0 saturated heterocycles. The third-order valence-electron chi connectivity index (χ3n) is 1.88. The molecule has 0 radical (unpaired) electrons. The number of hydrogen-bond acceptors (Lipinski definition) is 3. The van der Waals surface area contributed by atoms with Crippen molar-refractivity contribution in [3.05, 3.63) is 23.8 Å². The molecule has 17 heavy (non-hydrogen) atoms. The number of rotatable bonds is 4. The topological polar surface area (TPSA) is 43.1 Å². The van der Waals surface area contributed by atoms with Crippen molar-refractivity contribution in [2.24, 2.45) is 0 Å². The third-order valence-corrected chi connectivity index (χ3v) is 2.90. The average Bonchev–Trinajstić information content (AvgIpc) is 2.20. The summed E-state index contributed by atoms with van der Waals surface area (Å²) in [5.74, 6) is -0.469. The second-order valence-corrected chi connectivity index (χ2v) is 4.66. The van der Waals surface area contributed by atoms with Gasteiger partial charge in [0.2, 0.25) is 0 Å². The van der Waals surface area contributed by atoms with Crippen molar-refractivity contribution >= 4 is 34.8 Å². The van der Waals surface area contributed by atoms with E-state index in [1.54, 1.807) is 0 Å². The number of anilines is 1. The molecule has 0 aromatic heterocycles. The molecule has 0 amide bonds. The van der Waals surface area contributed by atoms with E-state index >= 15 is 0 Å². The van der Waals surface area contributed by atoms with E-state index in [2.05, 4.69) is 0 Å². The fraction of sp³-hybridized carbons (Fsp3) is 0.300. The monoisotopic (exact) mass is 283 g/mol. The zero-order valence-electron chi connectivity index (χ0n) is 8.55. The Labute approximate surface area is 105 Å². The Bertz CT molecular complexity index is 423. The van der Waals surface area contributed by atoms with Crippen LogP contribution in [0.1, 0.15) is 5.56 Å². The van der Waals surface area contributed by atoms with E-state index in [0.29, 0.717) is 5.56 Å². The molecular weight excluding hydrogens is 275 g/mol. The Morgan fingerprint density at radius 3 is 2.59 bits per heavy atom. The zero-order valence-corrected chi connectivity index (χ0v) is 10.1. The lowest BCUT2D eigenvalue weighted by atomic mass is 10.1. The van der Waals surface area contributed by atoms with Crippen LogP contribution in [0.2, 0.25) is 0 Å². The number of benzene rings is 1. The minimum absolute atomic E-state index is 0.00377. The van der Waals surface area contributed by atoms with Gasteiger partial charge in [-0.1, -0.05) is 0 Å². The van der Waals surface area contributed by atoms with Gasteiger partial charge in [-0.3, -0.25) is 4.79 Å². The quantitative estimate of drug-likeness (QED) is 0.524. The van der Waals surface area contributed by atoms with E-state index in [1.807, 2.05) is 0 Å². The molecule has 0 aliphatic heterocycles. The summed E-state index contributed by atoms with van der Waals surface area (Å²) in [5.41, 5.74) is 1.87. The molecule has 0 spiro atoms. The number of carbonyl (C=O) groups excluding carboxylic acids is 1. The Morgan fingerprint density at radius 1 is 1.41 bits per heavy atom. The summed E-state index contributed by atoms with van der Waals surface area (Å²) in [4.78, 5) is 11.1. The predicted molar refractivity (Wildman–Crippen MR) is 62.2 cm³/mol. The van der Waals surface area contributed by atoms with Gasteiger partial charge in [0.25, 0.3) is 0 Å². The van der Waals surface area contributed by atoms with Crippen molar-refractivity contribution < 1.29 is 18.0 Å². The molecule has 0 unspecified atom stereocenters. The van der Waals surface area contributed by atoms with Gasteiger partial charge in [0, 0.05) is 17.0 Å². The molecule has 1 aromatic carbocycles. The van der Waals surface area contributed by atoms with Crippen LogP contribution in [-0.2, 0) is 11.2 Å². The molecule has 1 rings (SSSR count). The smallest absolute Gasteiger partial charge is 0.398 e. The highest BCUT2D eigenvalue weighted by molar-refractivity contribution is 8.00. The molecular formula is C10H9ClF3NOS. The first-order valence-corrected chi connectivity index (χ1v) is 5.88. The SMILES string of the molecule is Nc1ccc(SC(F)(F)F)cc1CC(=O)CCl. The molecule has 0 saturated carbocycles. The lowest BCUT2D eigenvalue weighted by Gasteiger charge is -2.09. The van der Waals surface area contributed by atoms with Crippen molar-refractivity contribution in [3.8, 4) is 0 Å². The molecule has 0 fully saturated rings. The highest BCUT2D eigenvalue weighted by Gasteiger charge is 2.29. The van der Waals surface area contributed by atoms with Gasteiger partial charge in [-0.25, -0.2) is 0 Å². The minimum Gasteiger partial charge on any atom is -0.398 e. The number of hydrogen-bond donors (Lipinski definition) is 1. The normalized spacial score (nSPS) is 11.5. The van der Waals surface area contributed by atoms with E-state index in [9.17, 15) is 18.0 Å². The van der Waals surface area contributed by atoms with E-state index in [4.69, 9.17) is 17.3 Å². The van der Waals surface area contributed by atoms with Crippen LogP contribution in [0.25, 0.3) is 0 Å². The fourth-order valence-electron chi connectivity index (χ4n) is 1.19. The standard InChI is InChI=1S/C10H9ClF3NOS/c11-5-7(16)3-6-4-8(1-2-9(6)15)17-10(12,13)14/h1-2,4H,3,5,15H2. The summed E-state index contributed by atoms with van der Waals surface area (Å²) in [6, 6.07) is 3.88. The second kappa shape index (κ2) is 5.64. The maximum absolute atomic E-state index is 12.1. The van der Waals surface area contributed by atoms with Gasteiger partial charge in [0.15, 0.2) is 5.78 Å². The Hall–Kier alpha value is -0.880. The number of ketones is 1. The van der Waals surface area contributed by atoms with Gasteiger partial charge in [-0.2, -0.15) is 13.2 Å². The van der Waals surface area contributed by atoms with Crippen LogP contribution in [0.5, 0.6) is 0 Å². The number of halogens is 4. The summed E-state index contributed by atoms with van der Waals surface area (Å²) in [6.45, 7) is 0. The fourth-order valence-corrected chi connectivity index (χ4v) is 1.89. The van der Waals surface area contributed by atoms with Crippen molar-refractivity contribution in [1.29, 1.82) is 0 Å². The van der Waals surface area contributed by atoms with Gasteiger partial charge in [0.1, 0.15) is 0 Å². The molecule has 0 aliphatic rings. The van der Waals surface area contributed by atoms with Crippen LogP contribution >= 0.6 is 23.4 Å². The summed E-state index contributed by atoms with van der Waals surface area (Å²) < 4.78 is 36.4. The molecule has 2 nitrogen and oxygen atoms in total. The summed E-state index contributed by atoms with van der Waals surface area (Å²) in [6.07, 6.45) is -0.0540. The number of thioether (sulfide) groups is 1. The number of alkyl halides is 4. The van der Waals surface area contributed by atoms with Gasteiger partial charge >= 0.3 is 5.51 Å². The lowest BCUT2D eigenvalue weighted by Crippen LogP contribution is -2.07. The highest BCUT2D eigenvalue weighted by atomic mass is 35.5. The Kier molecular flexibility index (Phi) is 4.70.